The summed E-state index contributed by atoms with van der Waals surface area (Å²) in [6.45, 7) is 4.80. The number of para-hydroxylation sites is 2. The molecule has 12 rings (SSSR count). The van der Waals surface area contributed by atoms with E-state index in [1.807, 2.05) is 0 Å². The molecule has 0 bridgehead atoms. The van der Waals surface area contributed by atoms with Crippen LogP contribution in [0.3, 0.4) is 0 Å². The summed E-state index contributed by atoms with van der Waals surface area (Å²) in [6, 6.07) is 63.1. The first-order valence-corrected chi connectivity index (χ1v) is 19.3. The Labute approximate surface area is 318 Å². The zero-order chi connectivity index (χ0) is 36.6. The minimum absolute atomic E-state index is 0.155. The molecule has 260 valence electrons. The number of aromatic nitrogens is 3. The van der Waals surface area contributed by atoms with Crippen molar-refractivity contribution in [3.63, 3.8) is 0 Å². The number of fused-ring (bicyclic) bond motifs is 13. The van der Waals surface area contributed by atoms with E-state index in [0.717, 1.165) is 0 Å². The average Bonchev–Trinajstić information content (AvgIpc) is 3.91. The third-order valence-corrected chi connectivity index (χ3v) is 12.6. The summed E-state index contributed by atoms with van der Waals surface area (Å²) in [5.41, 5.74) is 16.3. The monoisotopic (exact) mass is 703 g/mol. The van der Waals surface area contributed by atoms with Crippen LogP contribution >= 0.6 is 0 Å². The van der Waals surface area contributed by atoms with Crippen LogP contribution in [0.1, 0.15) is 25.0 Å². The van der Waals surface area contributed by atoms with Crippen LogP contribution in [0.15, 0.2) is 170 Å². The highest BCUT2D eigenvalue weighted by Crippen LogP contribution is 2.53. The van der Waals surface area contributed by atoms with Gasteiger partial charge in [-0.05, 0) is 98.8 Å². The lowest BCUT2D eigenvalue weighted by Gasteiger charge is -2.23. The van der Waals surface area contributed by atoms with Gasteiger partial charge >= 0.3 is 0 Å². The van der Waals surface area contributed by atoms with Gasteiger partial charge in [-0.1, -0.05) is 129 Å². The van der Waals surface area contributed by atoms with E-state index in [2.05, 4.69) is 204 Å². The minimum Gasteiger partial charge on any atom is -0.329 e. The molecule has 0 saturated heterocycles. The van der Waals surface area contributed by atoms with E-state index in [1.165, 1.54) is 110 Å². The molecule has 3 aromatic heterocycles. The quantitative estimate of drug-likeness (QED) is 0.174. The third kappa shape index (κ3) is 4.05. The number of nitrogens with zero attached hydrogens (tertiary/aromatic N) is 3. The van der Waals surface area contributed by atoms with Gasteiger partial charge in [0.1, 0.15) is 5.65 Å². The van der Waals surface area contributed by atoms with Crippen molar-refractivity contribution < 1.29 is 0 Å². The predicted molar refractivity (Wildman–Crippen MR) is 232 cm³/mol. The zero-order valence-corrected chi connectivity index (χ0v) is 31.0. The van der Waals surface area contributed by atoms with Gasteiger partial charge in [0.15, 0.2) is 0 Å². The summed E-state index contributed by atoms with van der Waals surface area (Å²) in [6.07, 6.45) is 0. The SMILES string of the molecule is Cn1c2ccccc2c2c3cc(-c4ccc5c(c4)c4ccc6c(c4n5-c4ccc5ccccc5c4)C(C)(C)c4ccccc4-6)ccc3n(-c3ccccc3)c21. The lowest BCUT2D eigenvalue weighted by Crippen LogP contribution is -2.16. The number of benzene rings is 8. The fraction of sp³-hybridized carbons (Fsp3) is 0.0769. The molecular formula is C52H37N3. The lowest BCUT2D eigenvalue weighted by molar-refractivity contribution is 0.664. The highest BCUT2D eigenvalue weighted by atomic mass is 15.1. The molecule has 0 saturated carbocycles. The van der Waals surface area contributed by atoms with Crippen molar-refractivity contribution in [3.05, 3.63) is 181 Å². The molecular weight excluding hydrogens is 667 g/mol. The summed E-state index contributed by atoms with van der Waals surface area (Å²) in [5, 5.41) is 8.91. The van der Waals surface area contributed by atoms with Crippen molar-refractivity contribution in [2.24, 2.45) is 7.05 Å². The number of aryl methyl sites for hydroxylation is 1. The highest BCUT2D eigenvalue weighted by Gasteiger charge is 2.38. The first-order chi connectivity index (χ1) is 27.0. The van der Waals surface area contributed by atoms with Gasteiger partial charge in [-0.15, -0.1) is 0 Å². The molecule has 1 aliphatic rings. The van der Waals surface area contributed by atoms with Gasteiger partial charge in [-0.3, -0.25) is 4.57 Å². The average molecular weight is 704 g/mol. The van der Waals surface area contributed by atoms with Crippen LogP contribution in [0.5, 0.6) is 0 Å². The molecule has 0 atom stereocenters. The van der Waals surface area contributed by atoms with E-state index in [4.69, 9.17) is 0 Å². The molecule has 3 nitrogen and oxygen atoms in total. The Morgan fingerprint density at radius 1 is 0.436 bits per heavy atom. The van der Waals surface area contributed by atoms with Crippen LogP contribution in [0, 0.1) is 0 Å². The molecule has 0 unspecified atom stereocenters. The molecule has 0 spiro atoms. The lowest BCUT2D eigenvalue weighted by atomic mass is 9.81. The Morgan fingerprint density at radius 2 is 1.13 bits per heavy atom. The second-order valence-electron chi connectivity index (χ2n) is 15.8. The molecule has 3 heteroatoms. The van der Waals surface area contributed by atoms with Gasteiger partial charge in [0.25, 0.3) is 0 Å². The smallest absolute Gasteiger partial charge is 0.126 e. The Kier molecular flexibility index (Phi) is 6.05. The van der Waals surface area contributed by atoms with Crippen LogP contribution < -0.4 is 0 Å². The van der Waals surface area contributed by atoms with Gasteiger partial charge in [0.2, 0.25) is 0 Å². The maximum Gasteiger partial charge on any atom is 0.126 e. The number of hydrogen-bond acceptors (Lipinski definition) is 0. The first kappa shape index (κ1) is 30.6. The van der Waals surface area contributed by atoms with E-state index >= 15 is 0 Å². The molecule has 3 heterocycles. The molecule has 55 heavy (non-hydrogen) atoms. The van der Waals surface area contributed by atoms with Crippen molar-refractivity contribution in [3.8, 4) is 33.6 Å². The topological polar surface area (TPSA) is 14.8 Å². The van der Waals surface area contributed by atoms with Gasteiger partial charge in [0, 0.05) is 50.8 Å². The van der Waals surface area contributed by atoms with Gasteiger partial charge in [-0.2, -0.15) is 0 Å². The fourth-order valence-corrected chi connectivity index (χ4v) is 10.1. The van der Waals surface area contributed by atoms with Crippen molar-refractivity contribution >= 4 is 65.4 Å². The Bertz CT molecular complexity index is 3400. The maximum absolute atomic E-state index is 2.54. The van der Waals surface area contributed by atoms with Crippen LogP contribution in [0.2, 0.25) is 0 Å². The largest absolute Gasteiger partial charge is 0.329 e. The summed E-state index contributed by atoms with van der Waals surface area (Å²) < 4.78 is 7.31. The van der Waals surface area contributed by atoms with Crippen LogP contribution in [-0.2, 0) is 12.5 Å². The van der Waals surface area contributed by atoms with Gasteiger partial charge in [-0.25, -0.2) is 0 Å². The molecule has 0 radical (unpaired) electrons. The highest BCUT2D eigenvalue weighted by molar-refractivity contribution is 6.22. The molecule has 0 amide bonds. The van der Waals surface area contributed by atoms with Gasteiger partial charge < -0.3 is 9.13 Å². The molecule has 0 aliphatic heterocycles. The standard InChI is InChI=1S/C52H37N3/c1-52(2)44-19-11-9-17-38(44)39-25-26-40-42-30-34(22-27-46(42)54(50(40)49(39)52)37-24-21-32-13-7-8-14-33(32)29-37)35-23-28-47-43(31-35)48-41-18-10-12-20-45(41)53(3)51(48)55(47)36-15-5-4-6-16-36/h4-31H,1-3H3. The number of hydrogen-bond donors (Lipinski definition) is 0. The zero-order valence-electron chi connectivity index (χ0n) is 31.0. The Morgan fingerprint density at radius 3 is 1.96 bits per heavy atom. The van der Waals surface area contributed by atoms with Crippen molar-refractivity contribution in [2.45, 2.75) is 19.3 Å². The number of rotatable bonds is 3. The molecule has 11 aromatic rings. The Balaban J connectivity index is 1.14. The summed E-state index contributed by atoms with van der Waals surface area (Å²) in [4.78, 5) is 0. The van der Waals surface area contributed by atoms with E-state index in [9.17, 15) is 0 Å². The third-order valence-electron chi connectivity index (χ3n) is 12.6. The fourth-order valence-electron chi connectivity index (χ4n) is 10.1. The molecule has 1 aliphatic carbocycles. The van der Waals surface area contributed by atoms with E-state index in [0.29, 0.717) is 0 Å². The van der Waals surface area contributed by atoms with Crippen molar-refractivity contribution in [1.29, 1.82) is 0 Å². The minimum atomic E-state index is -0.155. The normalized spacial score (nSPS) is 13.5. The van der Waals surface area contributed by atoms with Crippen LogP contribution in [0.25, 0.3) is 99.0 Å². The first-order valence-electron chi connectivity index (χ1n) is 19.3. The predicted octanol–water partition coefficient (Wildman–Crippen LogP) is 13.5. The van der Waals surface area contributed by atoms with Gasteiger partial charge in [0.05, 0.1) is 22.1 Å². The maximum atomic E-state index is 2.54. The van der Waals surface area contributed by atoms with Crippen molar-refractivity contribution in [2.75, 3.05) is 0 Å². The van der Waals surface area contributed by atoms with Crippen molar-refractivity contribution in [1.82, 2.24) is 13.7 Å². The molecule has 0 fully saturated rings. The Hall–Kier alpha value is -6.84. The summed E-state index contributed by atoms with van der Waals surface area (Å²) in [5.74, 6) is 0. The molecule has 8 aromatic carbocycles. The second-order valence-corrected chi connectivity index (χ2v) is 15.8. The summed E-state index contributed by atoms with van der Waals surface area (Å²) in [7, 11) is 2.19. The summed E-state index contributed by atoms with van der Waals surface area (Å²) >= 11 is 0. The second kappa shape index (κ2) is 10.9. The van der Waals surface area contributed by atoms with E-state index in [-0.39, 0.29) is 5.41 Å². The molecule has 0 N–H and O–H groups in total. The van der Waals surface area contributed by atoms with E-state index < -0.39 is 0 Å². The van der Waals surface area contributed by atoms with E-state index in [1.54, 1.807) is 0 Å². The van der Waals surface area contributed by atoms with Crippen LogP contribution in [0.4, 0.5) is 0 Å². The van der Waals surface area contributed by atoms with Crippen LogP contribution in [-0.4, -0.2) is 13.7 Å².